The topological polar surface area (TPSA) is 66.9 Å². The number of hydrogen-bond acceptors (Lipinski definition) is 4. The van der Waals surface area contributed by atoms with Crippen LogP contribution < -0.4 is 10.6 Å². The van der Waals surface area contributed by atoms with E-state index in [-0.39, 0.29) is 5.91 Å². The van der Waals surface area contributed by atoms with E-state index in [0.29, 0.717) is 24.0 Å². The van der Waals surface area contributed by atoms with E-state index in [0.717, 1.165) is 18.5 Å². The summed E-state index contributed by atoms with van der Waals surface area (Å²) < 4.78 is 0. The van der Waals surface area contributed by atoms with Crippen LogP contribution in [0.15, 0.2) is 36.7 Å². The minimum atomic E-state index is -0.195. The number of carbonyl (C=O) groups excluding carboxylic acids is 1. The number of aromatic nitrogens is 2. The van der Waals surface area contributed by atoms with Crippen molar-refractivity contribution in [3.63, 3.8) is 0 Å². The fourth-order valence-electron chi connectivity index (χ4n) is 2.05. The second kappa shape index (κ2) is 8.27. The summed E-state index contributed by atoms with van der Waals surface area (Å²) in [5.41, 5.74) is 2.64. The zero-order valence-electron chi connectivity index (χ0n) is 14.0. The van der Waals surface area contributed by atoms with Gasteiger partial charge in [0, 0.05) is 19.2 Å². The summed E-state index contributed by atoms with van der Waals surface area (Å²) in [6.45, 7) is 7.70. The van der Waals surface area contributed by atoms with E-state index in [1.54, 1.807) is 6.07 Å². The molecule has 2 N–H and O–H groups in total. The van der Waals surface area contributed by atoms with Gasteiger partial charge in [0.25, 0.3) is 5.91 Å². The van der Waals surface area contributed by atoms with Crippen molar-refractivity contribution in [2.45, 2.75) is 33.7 Å². The van der Waals surface area contributed by atoms with Crippen LogP contribution in [0.3, 0.4) is 0 Å². The Kier molecular flexibility index (Phi) is 6.09. The monoisotopic (exact) mass is 312 g/mol. The van der Waals surface area contributed by atoms with Gasteiger partial charge in [-0.25, -0.2) is 9.97 Å². The molecule has 0 atom stereocenters. The maximum absolute atomic E-state index is 12.2. The summed E-state index contributed by atoms with van der Waals surface area (Å²) in [5, 5.41) is 6.10. The molecule has 1 amide bonds. The molecule has 1 aromatic heterocycles. The SMILES string of the molecule is Cc1ccc(CNC(=O)c2cc(NCCC(C)C)ncn2)cc1. The lowest BCUT2D eigenvalue weighted by Gasteiger charge is -2.09. The molecule has 2 rings (SSSR count). The highest BCUT2D eigenvalue weighted by Crippen LogP contribution is 2.07. The smallest absolute Gasteiger partial charge is 0.270 e. The molecule has 23 heavy (non-hydrogen) atoms. The Bertz CT molecular complexity index is 638. The molecule has 0 spiro atoms. The average molecular weight is 312 g/mol. The lowest BCUT2D eigenvalue weighted by atomic mass is 10.1. The second-order valence-corrected chi connectivity index (χ2v) is 6.07. The van der Waals surface area contributed by atoms with Crippen LogP contribution in [0.25, 0.3) is 0 Å². The molecule has 1 aromatic carbocycles. The van der Waals surface area contributed by atoms with Gasteiger partial charge in [0.05, 0.1) is 0 Å². The number of benzene rings is 1. The minimum absolute atomic E-state index is 0.195. The van der Waals surface area contributed by atoms with Crippen LogP contribution in [0.4, 0.5) is 5.82 Å². The highest BCUT2D eigenvalue weighted by molar-refractivity contribution is 5.92. The molecule has 0 aliphatic heterocycles. The van der Waals surface area contributed by atoms with E-state index < -0.39 is 0 Å². The first-order valence-corrected chi connectivity index (χ1v) is 7.94. The number of nitrogens with one attached hydrogen (secondary N) is 2. The van der Waals surface area contributed by atoms with E-state index in [1.165, 1.54) is 11.9 Å². The molecule has 0 radical (unpaired) electrons. The van der Waals surface area contributed by atoms with Crippen LogP contribution >= 0.6 is 0 Å². The number of hydrogen-bond donors (Lipinski definition) is 2. The summed E-state index contributed by atoms with van der Waals surface area (Å²) in [4.78, 5) is 20.4. The molecule has 0 aliphatic carbocycles. The normalized spacial score (nSPS) is 10.6. The Labute approximate surface area is 137 Å². The number of nitrogens with zero attached hydrogens (tertiary/aromatic N) is 2. The third kappa shape index (κ3) is 5.70. The number of carbonyl (C=O) groups is 1. The van der Waals surface area contributed by atoms with Crippen molar-refractivity contribution in [3.8, 4) is 0 Å². The van der Waals surface area contributed by atoms with E-state index in [9.17, 15) is 4.79 Å². The molecule has 2 aromatic rings. The minimum Gasteiger partial charge on any atom is -0.370 e. The zero-order chi connectivity index (χ0) is 16.7. The summed E-state index contributed by atoms with van der Waals surface area (Å²) >= 11 is 0. The van der Waals surface area contributed by atoms with Crippen LogP contribution in [0.1, 0.15) is 41.9 Å². The maximum Gasteiger partial charge on any atom is 0.270 e. The number of amides is 1. The molecule has 0 bridgehead atoms. The summed E-state index contributed by atoms with van der Waals surface area (Å²) in [7, 11) is 0. The van der Waals surface area contributed by atoms with E-state index in [2.05, 4.69) is 34.4 Å². The molecule has 0 saturated heterocycles. The van der Waals surface area contributed by atoms with E-state index in [4.69, 9.17) is 0 Å². The molecular formula is C18H24N4O. The Morgan fingerprint density at radius 1 is 1.17 bits per heavy atom. The predicted octanol–water partition coefficient (Wildman–Crippen LogP) is 3.17. The number of anilines is 1. The molecule has 0 saturated carbocycles. The lowest BCUT2D eigenvalue weighted by molar-refractivity contribution is 0.0946. The van der Waals surface area contributed by atoms with Gasteiger partial charge in [0.1, 0.15) is 17.8 Å². The summed E-state index contributed by atoms with van der Waals surface area (Å²) in [5.74, 6) is 1.11. The van der Waals surface area contributed by atoms with Crippen LogP contribution in [-0.2, 0) is 6.54 Å². The molecule has 5 heteroatoms. The third-order valence-corrected chi connectivity index (χ3v) is 3.50. The van der Waals surface area contributed by atoms with Gasteiger partial charge in [-0.1, -0.05) is 43.7 Å². The zero-order valence-corrected chi connectivity index (χ0v) is 14.0. The number of aryl methyl sites for hydroxylation is 1. The quantitative estimate of drug-likeness (QED) is 0.824. The fourth-order valence-corrected chi connectivity index (χ4v) is 2.05. The van der Waals surface area contributed by atoms with E-state index >= 15 is 0 Å². The Hall–Kier alpha value is -2.43. The standard InChI is InChI=1S/C18H24N4O/c1-13(2)8-9-19-17-10-16(21-12-22-17)18(23)20-11-15-6-4-14(3)5-7-15/h4-7,10,12-13H,8-9,11H2,1-3H3,(H,20,23)(H,19,21,22). The molecule has 0 fully saturated rings. The molecule has 1 heterocycles. The molecule has 0 unspecified atom stereocenters. The molecule has 0 aliphatic rings. The Balaban J connectivity index is 1.90. The first-order valence-electron chi connectivity index (χ1n) is 7.94. The van der Waals surface area contributed by atoms with Crippen LogP contribution in [0.5, 0.6) is 0 Å². The fraction of sp³-hybridized carbons (Fsp3) is 0.389. The van der Waals surface area contributed by atoms with Gasteiger partial charge in [-0.3, -0.25) is 4.79 Å². The number of rotatable bonds is 7. The van der Waals surface area contributed by atoms with Crippen LogP contribution in [-0.4, -0.2) is 22.4 Å². The van der Waals surface area contributed by atoms with Gasteiger partial charge >= 0.3 is 0 Å². The first-order chi connectivity index (χ1) is 11.0. The molecule has 122 valence electrons. The molecular weight excluding hydrogens is 288 g/mol. The largest absolute Gasteiger partial charge is 0.370 e. The van der Waals surface area contributed by atoms with Crippen molar-refractivity contribution < 1.29 is 4.79 Å². The van der Waals surface area contributed by atoms with Gasteiger partial charge in [0.15, 0.2) is 0 Å². The van der Waals surface area contributed by atoms with Gasteiger partial charge < -0.3 is 10.6 Å². The summed E-state index contributed by atoms with van der Waals surface area (Å²) in [6, 6.07) is 9.76. The van der Waals surface area contributed by atoms with Gasteiger partial charge in [-0.2, -0.15) is 0 Å². The average Bonchev–Trinajstić information content (AvgIpc) is 2.54. The van der Waals surface area contributed by atoms with Gasteiger partial charge in [-0.15, -0.1) is 0 Å². The Morgan fingerprint density at radius 2 is 1.91 bits per heavy atom. The van der Waals surface area contributed by atoms with Crippen LogP contribution in [0, 0.1) is 12.8 Å². The first kappa shape index (κ1) is 16.9. The summed E-state index contributed by atoms with van der Waals surface area (Å²) in [6.07, 6.45) is 2.47. The van der Waals surface area contributed by atoms with Crippen molar-refractivity contribution >= 4 is 11.7 Å². The van der Waals surface area contributed by atoms with Gasteiger partial charge in [0.2, 0.25) is 0 Å². The van der Waals surface area contributed by atoms with Crippen molar-refractivity contribution in [3.05, 3.63) is 53.5 Å². The molecule has 5 nitrogen and oxygen atoms in total. The maximum atomic E-state index is 12.2. The third-order valence-electron chi connectivity index (χ3n) is 3.50. The lowest BCUT2D eigenvalue weighted by Crippen LogP contribution is -2.24. The van der Waals surface area contributed by atoms with Crippen molar-refractivity contribution in [1.29, 1.82) is 0 Å². The highest BCUT2D eigenvalue weighted by atomic mass is 16.1. The van der Waals surface area contributed by atoms with E-state index in [1.807, 2.05) is 31.2 Å². The Morgan fingerprint density at radius 3 is 2.61 bits per heavy atom. The highest BCUT2D eigenvalue weighted by Gasteiger charge is 2.08. The van der Waals surface area contributed by atoms with Crippen molar-refractivity contribution in [2.24, 2.45) is 5.92 Å². The van der Waals surface area contributed by atoms with Crippen molar-refractivity contribution in [1.82, 2.24) is 15.3 Å². The van der Waals surface area contributed by atoms with Gasteiger partial charge in [-0.05, 0) is 24.8 Å². The second-order valence-electron chi connectivity index (χ2n) is 6.07. The van der Waals surface area contributed by atoms with Crippen molar-refractivity contribution in [2.75, 3.05) is 11.9 Å². The predicted molar refractivity (Wildman–Crippen MR) is 92.3 cm³/mol. The van der Waals surface area contributed by atoms with Crippen LogP contribution in [0.2, 0.25) is 0 Å².